The smallest absolute Gasteiger partial charge is 0.253 e. The van der Waals surface area contributed by atoms with Crippen LogP contribution in [0.25, 0.3) is 0 Å². The number of hydrogen-bond donors (Lipinski definition) is 0. The highest BCUT2D eigenvalue weighted by Crippen LogP contribution is 2.33. The minimum absolute atomic E-state index is 0.0351. The molecule has 0 radical (unpaired) electrons. The van der Waals surface area contributed by atoms with Gasteiger partial charge >= 0.3 is 0 Å². The number of amides is 2. The van der Waals surface area contributed by atoms with E-state index in [1.807, 2.05) is 11.8 Å². The van der Waals surface area contributed by atoms with Crippen molar-refractivity contribution in [2.75, 3.05) is 19.6 Å². The van der Waals surface area contributed by atoms with Crippen LogP contribution in [0.15, 0.2) is 28.8 Å². The lowest BCUT2D eigenvalue weighted by Gasteiger charge is -2.53. The Morgan fingerprint density at radius 2 is 2.04 bits per heavy atom. The summed E-state index contributed by atoms with van der Waals surface area (Å²) in [5, 5.41) is 3.81. The molecule has 2 aliphatic rings. The van der Waals surface area contributed by atoms with Crippen molar-refractivity contribution in [3.63, 3.8) is 0 Å². The Kier molecular flexibility index (Phi) is 4.45. The van der Waals surface area contributed by atoms with Crippen molar-refractivity contribution in [1.82, 2.24) is 15.0 Å². The number of carbonyl (C=O) groups is 2. The minimum atomic E-state index is -0.392. The molecule has 2 saturated heterocycles. The van der Waals surface area contributed by atoms with Gasteiger partial charge in [0.25, 0.3) is 5.91 Å². The molecule has 142 valence electrons. The van der Waals surface area contributed by atoms with Crippen molar-refractivity contribution in [2.24, 2.45) is 5.92 Å². The van der Waals surface area contributed by atoms with Gasteiger partial charge < -0.3 is 14.3 Å². The molecule has 2 amide bonds. The number of carbonyl (C=O) groups excluding carboxylic acids is 2. The maximum absolute atomic E-state index is 13.6. The lowest BCUT2D eigenvalue weighted by atomic mass is 9.82. The van der Waals surface area contributed by atoms with Gasteiger partial charge in [-0.1, -0.05) is 5.16 Å². The second-order valence-electron chi connectivity index (χ2n) is 7.54. The molecule has 0 spiro atoms. The SMILES string of the molecule is Cc1cc(F)cc(C(=O)N2CC[C@H]3[C@@H](C2)CN3C(=O)Cc2cc(C)no2)c1. The normalized spacial score (nSPS) is 21.6. The highest BCUT2D eigenvalue weighted by molar-refractivity contribution is 5.94. The predicted molar refractivity (Wildman–Crippen MR) is 95.6 cm³/mol. The van der Waals surface area contributed by atoms with E-state index in [0.29, 0.717) is 31.0 Å². The van der Waals surface area contributed by atoms with Crippen molar-refractivity contribution >= 4 is 11.8 Å². The second kappa shape index (κ2) is 6.79. The lowest BCUT2D eigenvalue weighted by molar-refractivity contribution is -0.146. The third-order valence-corrected chi connectivity index (χ3v) is 5.42. The summed E-state index contributed by atoms with van der Waals surface area (Å²) in [6, 6.07) is 6.36. The summed E-state index contributed by atoms with van der Waals surface area (Å²) in [5.74, 6) is 0.356. The molecule has 0 unspecified atom stereocenters. The first-order valence-corrected chi connectivity index (χ1v) is 9.19. The fourth-order valence-corrected chi connectivity index (χ4v) is 4.12. The topological polar surface area (TPSA) is 66.7 Å². The van der Waals surface area contributed by atoms with Crippen LogP contribution in [-0.2, 0) is 11.2 Å². The number of aromatic nitrogens is 1. The number of nitrogens with zero attached hydrogens (tertiary/aromatic N) is 3. The molecule has 0 N–H and O–H groups in total. The zero-order valence-corrected chi connectivity index (χ0v) is 15.4. The van der Waals surface area contributed by atoms with Gasteiger partial charge in [0.05, 0.1) is 12.1 Å². The Bertz CT molecular complexity index is 874. The van der Waals surface area contributed by atoms with Gasteiger partial charge in [-0.05, 0) is 44.0 Å². The molecule has 2 aromatic rings. The maximum Gasteiger partial charge on any atom is 0.253 e. The van der Waals surface area contributed by atoms with Crippen LogP contribution in [0.3, 0.4) is 0 Å². The summed E-state index contributed by atoms with van der Waals surface area (Å²) in [6.45, 7) is 5.41. The number of benzene rings is 1. The van der Waals surface area contributed by atoms with Gasteiger partial charge in [-0.15, -0.1) is 0 Å². The summed E-state index contributed by atoms with van der Waals surface area (Å²) in [5.41, 5.74) is 1.88. The van der Waals surface area contributed by atoms with E-state index in [4.69, 9.17) is 4.52 Å². The molecule has 0 aliphatic carbocycles. The zero-order valence-electron chi connectivity index (χ0n) is 15.4. The van der Waals surface area contributed by atoms with Gasteiger partial charge in [0.1, 0.15) is 11.6 Å². The Morgan fingerprint density at radius 1 is 1.22 bits per heavy atom. The first kappa shape index (κ1) is 17.7. The van der Waals surface area contributed by atoms with Crippen LogP contribution in [0.4, 0.5) is 4.39 Å². The molecular formula is C20H22FN3O3. The van der Waals surface area contributed by atoms with Crippen LogP contribution in [0.2, 0.25) is 0 Å². The van der Waals surface area contributed by atoms with Crippen molar-refractivity contribution in [1.29, 1.82) is 0 Å². The van der Waals surface area contributed by atoms with Crippen LogP contribution in [-0.4, -0.2) is 52.4 Å². The zero-order chi connectivity index (χ0) is 19.1. The summed E-state index contributed by atoms with van der Waals surface area (Å²) >= 11 is 0. The van der Waals surface area contributed by atoms with Crippen LogP contribution in [0.5, 0.6) is 0 Å². The van der Waals surface area contributed by atoms with Crippen LogP contribution in [0.1, 0.15) is 33.8 Å². The molecule has 0 bridgehead atoms. The van der Waals surface area contributed by atoms with E-state index in [2.05, 4.69) is 5.16 Å². The summed E-state index contributed by atoms with van der Waals surface area (Å²) in [4.78, 5) is 28.8. The third-order valence-electron chi connectivity index (χ3n) is 5.42. The third kappa shape index (κ3) is 3.46. The number of piperidine rings is 1. The average Bonchev–Trinajstić information content (AvgIpc) is 2.99. The van der Waals surface area contributed by atoms with Gasteiger partial charge in [0, 0.05) is 43.2 Å². The molecule has 6 nitrogen and oxygen atoms in total. The predicted octanol–water partition coefficient (Wildman–Crippen LogP) is 2.35. The van der Waals surface area contributed by atoms with Gasteiger partial charge in [0.15, 0.2) is 0 Å². The Hall–Kier alpha value is -2.70. The monoisotopic (exact) mass is 371 g/mol. The first-order chi connectivity index (χ1) is 12.9. The van der Waals surface area contributed by atoms with Crippen molar-refractivity contribution in [3.05, 3.63) is 52.7 Å². The quantitative estimate of drug-likeness (QED) is 0.831. The number of halogens is 1. The molecule has 2 aliphatic heterocycles. The Labute approximate surface area is 156 Å². The van der Waals surface area contributed by atoms with Gasteiger partial charge in [0.2, 0.25) is 5.91 Å². The molecule has 2 fully saturated rings. The van der Waals surface area contributed by atoms with Crippen LogP contribution < -0.4 is 0 Å². The van der Waals surface area contributed by atoms with E-state index in [0.717, 1.165) is 17.7 Å². The standard InChI is InChI=1S/C20H22FN3O3/c1-12-5-14(8-16(21)6-12)20(26)23-4-3-18-15(10-23)11-24(18)19(25)9-17-7-13(2)22-27-17/h5-8,15,18H,3-4,9-11H2,1-2H3/t15-,18-/m0/s1. The van der Waals surface area contributed by atoms with Crippen molar-refractivity contribution in [2.45, 2.75) is 32.7 Å². The Balaban J connectivity index is 1.36. The molecule has 27 heavy (non-hydrogen) atoms. The second-order valence-corrected chi connectivity index (χ2v) is 7.54. The fraction of sp³-hybridized carbons (Fsp3) is 0.450. The summed E-state index contributed by atoms with van der Waals surface area (Å²) in [6.07, 6.45) is 0.959. The Morgan fingerprint density at radius 3 is 2.70 bits per heavy atom. The van der Waals surface area contributed by atoms with E-state index in [9.17, 15) is 14.0 Å². The summed E-state index contributed by atoms with van der Waals surface area (Å²) in [7, 11) is 0. The van der Waals surface area contributed by atoms with Gasteiger partial charge in [-0.25, -0.2) is 4.39 Å². The molecule has 3 heterocycles. The molecule has 1 aromatic carbocycles. The lowest BCUT2D eigenvalue weighted by Crippen LogP contribution is -2.65. The number of likely N-dealkylation sites (tertiary alicyclic amines) is 2. The van der Waals surface area contributed by atoms with E-state index in [1.54, 1.807) is 24.0 Å². The first-order valence-electron chi connectivity index (χ1n) is 9.19. The minimum Gasteiger partial charge on any atom is -0.361 e. The fourth-order valence-electron chi connectivity index (χ4n) is 4.12. The number of fused-ring (bicyclic) bond motifs is 1. The summed E-state index contributed by atoms with van der Waals surface area (Å²) < 4.78 is 18.7. The van der Waals surface area contributed by atoms with Gasteiger partial charge in [-0.3, -0.25) is 9.59 Å². The number of hydrogen-bond acceptors (Lipinski definition) is 4. The molecule has 0 saturated carbocycles. The van der Waals surface area contributed by atoms with E-state index in [-0.39, 0.29) is 30.2 Å². The molecular weight excluding hydrogens is 349 g/mol. The average molecular weight is 371 g/mol. The van der Waals surface area contributed by atoms with E-state index in [1.165, 1.54) is 12.1 Å². The molecule has 4 rings (SSSR count). The van der Waals surface area contributed by atoms with Crippen LogP contribution >= 0.6 is 0 Å². The largest absolute Gasteiger partial charge is 0.361 e. The van der Waals surface area contributed by atoms with Crippen LogP contribution in [0, 0.1) is 25.6 Å². The van der Waals surface area contributed by atoms with Gasteiger partial charge in [-0.2, -0.15) is 0 Å². The highest BCUT2D eigenvalue weighted by atomic mass is 19.1. The van der Waals surface area contributed by atoms with Crippen molar-refractivity contribution in [3.8, 4) is 0 Å². The number of aryl methyl sites for hydroxylation is 2. The van der Waals surface area contributed by atoms with E-state index >= 15 is 0 Å². The van der Waals surface area contributed by atoms with Crippen molar-refractivity contribution < 1.29 is 18.5 Å². The molecule has 2 atom stereocenters. The molecule has 7 heteroatoms. The highest BCUT2D eigenvalue weighted by Gasteiger charge is 2.45. The molecule has 1 aromatic heterocycles. The van der Waals surface area contributed by atoms with E-state index < -0.39 is 5.82 Å². The maximum atomic E-state index is 13.6. The number of rotatable bonds is 3.